The van der Waals surface area contributed by atoms with Crippen molar-refractivity contribution in [2.45, 2.75) is 19.1 Å². The molecule has 8 nitrogen and oxygen atoms in total. The summed E-state index contributed by atoms with van der Waals surface area (Å²) < 4.78 is 6.26. The number of likely N-dealkylation sites (N-methyl/N-ethyl adjacent to an activating group) is 1. The second kappa shape index (κ2) is 12.8. The molecule has 3 aromatic carbocycles. The lowest BCUT2D eigenvalue weighted by Crippen LogP contribution is -2.54. The molecule has 1 atom stereocenters. The highest BCUT2D eigenvalue weighted by molar-refractivity contribution is 6.36. The fraction of sp³-hybridized carbons (Fsp3) is 0.179. The molecule has 202 valence electrons. The molecule has 1 heterocycles. The van der Waals surface area contributed by atoms with Gasteiger partial charge in [-0.15, -0.1) is 12.4 Å². The van der Waals surface area contributed by atoms with E-state index in [1.165, 1.54) is 0 Å². The number of urea groups is 1. The number of anilines is 2. The molecule has 0 bridgehead atoms. The molecule has 1 aliphatic rings. The maximum absolute atomic E-state index is 13.6. The maximum atomic E-state index is 13.6. The van der Waals surface area contributed by atoms with Crippen molar-refractivity contribution in [1.82, 2.24) is 10.6 Å². The molecule has 3 aromatic rings. The van der Waals surface area contributed by atoms with E-state index in [-0.39, 0.29) is 31.3 Å². The summed E-state index contributed by atoms with van der Waals surface area (Å²) in [5.41, 5.74) is 2.17. The van der Waals surface area contributed by atoms with Gasteiger partial charge in [0, 0.05) is 39.6 Å². The van der Waals surface area contributed by atoms with E-state index in [9.17, 15) is 9.59 Å². The number of benzene rings is 3. The van der Waals surface area contributed by atoms with E-state index in [1.807, 2.05) is 30.3 Å². The summed E-state index contributed by atoms with van der Waals surface area (Å²) in [7, 11) is 1.70. The van der Waals surface area contributed by atoms with E-state index in [0.717, 1.165) is 5.56 Å². The van der Waals surface area contributed by atoms with E-state index in [0.29, 0.717) is 44.0 Å². The van der Waals surface area contributed by atoms with Crippen molar-refractivity contribution in [3.8, 4) is 6.07 Å². The molecule has 39 heavy (non-hydrogen) atoms. The van der Waals surface area contributed by atoms with Crippen LogP contribution in [0.3, 0.4) is 0 Å². The molecule has 0 fully saturated rings. The number of rotatable bonds is 8. The predicted octanol–water partition coefficient (Wildman–Crippen LogP) is 5.97. The Morgan fingerprint density at radius 3 is 2.44 bits per heavy atom. The smallest absolute Gasteiger partial charge is 0.319 e. The lowest BCUT2D eigenvalue weighted by atomic mass is 9.85. The van der Waals surface area contributed by atoms with Gasteiger partial charge >= 0.3 is 6.03 Å². The van der Waals surface area contributed by atoms with Crippen LogP contribution in [-0.4, -0.2) is 30.9 Å². The average molecular weight is 587 g/mol. The number of ketones is 1. The molecular formula is C28H26Cl3N5O3. The van der Waals surface area contributed by atoms with Gasteiger partial charge in [-0.25, -0.2) is 4.79 Å². The summed E-state index contributed by atoms with van der Waals surface area (Å²) in [6.45, 7) is 1.53. The van der Waals surface area contributed by atoms with Gasteiger partial charge in [0.15, 0.2) is 11.5 Å². The second-order valence-corrected chi connectivity index (χ2v) is 9.48. The van der Waals surface area contributed by atoms with Crippen LogP contribution in [-0.2, 0) is 16.1 Å². The van der Waals surface area contributed by atoms with E-state index in [4.69, 9.17) is 33.2 Å². The Morgan fingerprint density at radius 2 is 1.74 bits per heavy atom. The molecule has 1 aliphatic heterocycles. The molecular weight excluding hydrogens is 561 g/mol. The Bertz CT molecular complexity index is 1450. The maximum Gasteiger partial charge on any atom is 0.319 e. The predicted molar refractivity (Wildman–Crippen MR) is 156 cm³/mol. The van der Waals surface area contributed by atoms with Gasteiger partial charge in [-0.1, -0.05) is 47.5 Å². The Balaban J connectivity index is 0.00000420. The van der Waals surface area contributed by atoms with Crippen molar-refractivity contribution in [2.75, 3.05) is 24.2 Å². The Labute approximate surface area is 242 Å². The summed E-state index contributed by atoms with van der Waals surface area (Å²) in [5, 5.41) is 21.7. The van der Waals surface area contributed by atoms with Crippen LogP contribution in [0.2, 0.25) is 10.0 Å². The molecule has 0 spiro atoms. The third-order valence-electron chi connectivity index (χ3n) is 6.17. The molecule has 2 amide bonds. The number of fused-ring (bicyclic) bond motifs is 1. The van der Waals surface area contributed by atoms with Gasteiger partial charge in [0.05, 0.1) is 23.9 Å². The molecule has 0 aromatic heterocycles. The molecule has 0 saturated carbocycles. The Kier molecular flexibility index (Phi) is 9.71. The number of amides is 2. The number of hydrogen-bond donors (Lipinski definition) is 4. The first-order valence-electron chi connectivity index (χ1n) is 11.7. The van der Waals surface area contributed by atoms with Crippen molar-refractivity contribution in [2.24, 2.45) is 0 Å². The quantitative estimate of drug-likeness (QED) is 0.259. The van der Waals surface area contributed by atoms with Gasteiger partial charge in [0.1, 0.15) is 12.1 Å². The monoisotopic (exact) mass is 585 g/mol. The van der Waals surface area contributed by atoms with E-state index in [1.54, 1.807) is 56.4 Å². The molecule has 1 unspecified atom stereocenters. The summed E-state index contributed by atoms with van der Waals surface area (Å²) in [6.07, 6.45) is 0. The first-order valence-corrected chi connectivity index (χ1v) is 12.5. The van der Waals surface area contributed by atoms with Gasteiger partial charge in [-0.3, -0.25) is 4.79 Å². The first kappa shape index (κ1) is 29.7. The summed E-state index contributed by atoms with van der Waals surface area (Å²) in [4.78, 5) is 26.0. The molecule has 4 N–H and O–H groups in total. The zero-order valence-corrected chi connectivity index (χ0v) is 23.4. The normalized spacial score (nSPS) is 15.6. The minimum absolute atomic E-state index is 0. The number of nitrogens with zero attached hydrogens (tertiary/aromatic N) is 1. The minimum atomic E-state index is -1.25. The average Bonchev–Trinajstić information content (AvgIpc) is 2.91. The Morgan fingerprint density at radius 1 is 1.05 bits per heavy atom. The second-order valence-electron chi connectivity index (χ2n) is 8.66. The van der Waals surface area contributed by atoms with Gasteiger partial charge in [-0.2, -0.15) is 5.26 Å². The lowest BCUT2D eigenvalue weighted by Gasteiger charge is -2.39. The Hall–Kier alpha value is -3.90. The number of nitriles is 1. The van der Waals surface area contributed by atoms with Crippen LogP contribution in [0.15, 0.2) is 72.4 Å². The number of hydrogen-bond acceptors (Lipinski definition) is 6. The molecule has 4 rings (SSSR count). The third kappa shape index (κ3) is 6.40. The summed E-state index contributed by atoms with van der Waals surface area (Å²) in [5.74, 6) is 0.153. The van der Waals surface area contributed by atoms with Crippen LogP contribution in [0.1, 0.15) is 23.6 Å². The van der Waals surface area contributed by atoms with Crippen LogP contribution < -0.4 is 21.3 Å². The van der Waals surface area contributed by atoms with Crippen molar-refractivity contribution in [3.63, 3.8) is 0 Å². The van der Waals surface area contributed by atoms with Crippen molar-refractivity contribution < 1.29 is 14.3 Å². The molecule has 0 radical (unpaired) electrons. The number of nitrogens with one attached hydrogen (secondary N) is 4. The van der Waals surface area contributed by atoms with Crippen molar-refractivity contribution in [1.29, 1.82) is 5.26 Å². The largest absolute Gasteiger partial charge is 0.486 e. The standard InChI is InChI=1S/C28H25Cl2N5O3.ClH/c1-28(24(36)15-33-27(37)34-18-8-5-7-17(13-18)14-31)26(32-2)25(19-9-3-4-12-23(19)35-28)38-16-20-21(29)10-6-11-22(20)30;/h3-13,32,35H,15-16H2,1-2H3,(H2,33,34,37);1H. The SMILES string of the molecule is CNC1=C(OCc2c(Cl)cccc2Cl)c2ccccc2NC1(C)C(=O)CNC(=O)Nc1cccc(C#N)c1.Cl. The first-order chi connectivity index (χ1) is 18.3. The highest BCUT2D eigenvalue weighted by Gasteiger charge is 2.43. The van der Waals surface area contributed by atoms with Gasteiger partial charge in [0.2, 0.25) is 0 Å². The highest BCUT2D eigenvalue weighted by Crippen LogP contribution is 2.40. The third-order valence-corrected chi connectivity index (χ3v) is 6.88. The number of carbonyl (C=O) groups excluding carboxylic acids is 2. The highest BCUT2D eigenvalue weighted by atomic mass is 35.5. The summed E-state index contributed by atoms with van der Waals surface area (Å²) >= 11 is 12.7. The van der Waals surface area contributed by atoms with Gasteiger partial charge < -0.3 is 26.0 Å². The number of carbonyl (C=O) groups is 2. The van der Waals surface area contributed by atoms with E-state index in [2.05, 4.69) is 21.3 Å². The fourth-order valence-electron chi connectivity index (χ4n) is 4.20. The van der Waals surface area contributed by atoms with Crippen LogP contribution >= 0.6 is 35.6 Å². The van der Waals surface area contributed by atoms with Crippen LogP contribution in [0, 0.1) is 11.3 Å². The number of halogens is 3. The zero-order valence-electron chi connectivity index (χ0n) is 21.1. The van der Waals surface area contributed by atoms with E-state index >= 15 is 0 Å². The van der Waals surface area contributed by atoms with Gasteiger partial charge in [0.25, 0.3) is 0 Å². The summed E-state index contributed by atoms with van der Waals surface area (Å²) in [6, 6.07) is 20.6. The van der Waals surface area contributed by atoms with Crippen molar-refractivity contribution >= 4 is 64.6 Å². The number of Topliss-reactive ketones (excluding diaryl/α,β-unsaturated/α-hetero) is 1. The van der Waals surface area contributed by atoms with Crippen LogP contribution in [0.25, 0.3) is 5.76 Å². The lowest BCUT2D eigenvalue weighted by molar-refractivity contribution is -0.121. The van der Waals surface area contributed by atoms with E-state index < -0.39 is 11.6 Å². The fourth-order valence-corrected chi connectivity index (χ4v) is 4.71. The number of para-hydroxylation sites is 1. The minimum Gasteiger partial charge on any atom is -0.486 e. The van der Waals surface area contributed by atoms with Crippen molar-refractivity contribution in [3.05, 3.63) is 99.2 Å². The zero-order chi connectivity index (χ0) is 27.3. The van der Waals surface area contributed by atoms with Gasteiger partial charge in [-0.05, 0) is 49.4 Å². The molecule has 11 heteroatoms. The topological polar surface area (TPSA) is 115 Å². The number of ether oxygens (including phenoxy) is 1. The molecule has 0 aliphatic carbocycles. The van der Waals surface area contributed by atoms with Crippen LogP contribution in [0.5, 0.6) is 0 Å². The molecule has 0 saturated heterocycles. The van der Waals surface area contributed by atoms with Crippen LogP contribution in [0.4, 0.5) is 16.2 Å².